The summed E-state index contributed by atoms with van der Waals surface area (Å²) in [5.41, 5.74) is 7.05. The Morgan fingerprint density at radius 1 is 1.14 bits per heavy atom. The fourth-order valence-corrected chi connectivity index (χ4v) is 5.33. The first-order valence-corrected chi connectivity index (χ1v) is 6.32. The molecule has 4 bridgehead atoms. The molecule has 4 fully saturated rings. The Bertz CT molecular complexity index is 266. The van der Waals surface area contributed by atoms with Gasteiger partial charge in [0.05, 0.1) is 0 Å². The molecule has 2 heteroatoms. The van der Waals surface area contributed by atoms with E-state index in [9.17, 15) is 0 Å². The second kappa shape index (κ2) is 2.35. The van der Waals surface area contributed by atoms with Crippen LogP contribution in [0.3, 0.4) is 0 Å². The lowest BCUT2D eigenvalue weighted by Crippen LogP contribution is -2.53. The van der Waals surface area contributed by atoms with Crippen LogP contribution in [-0.2, 0) is 0 Å². The van der Waals surface area contributed by atoms with Gasteiger partial charge in [-0.3, -0.25) is 0 Å². The third kappa shape index (κ3) is 0.704. The second-order valence-corrected chi connectivity index (χ2v) is 6.11. The third-order valence-corrected chi connectivity index (χ3v) is 5.85. The van der Waals surface area contributed by atoms with E-state index in [1.807, 2.05) is 0 Å². The van der Waals surface area contributed by atoms with E-state index in [1.54, 1.807) is 0 Å². The Morgan fingerprint density at radius 3 is 2.64 bits per heavy atom. The fourth-order valence-electron chi connectivity index (χ4n) is 5.33. The molecule has 14 heavy (non-hydrogen) atoms. The van der Waals surface area contributed by atoms with Gasteiger partial charge in [-0.05, 0) is 50.4 Å². The SMILES string of the molecule is N[C@@H]1C2CC[C@@H](C2)C12C[C@@H]1CCC2N1. The topological polar surface area (TPSA) is 38.0 Å². The minimum Gasteiger partial charge on any atom is -0.327 e. The lowest BCUT2D eigenvalue weighted by Gasteiger charge is -2.44. The molecule has 2 aliphatic heterocycles. The van der Waals surface area contributed by atoms with Crippen molar-refractivity contribution in [3.63, 3.8) is 0 Å². The van der Waals surface area contributed by atoms with Gasteiger partial charge in [-0.15, -0.1) is 0 Å². The molecule has 2 saturated carbocycles. The van der Waals surface area contributed by atoms with Crippen molar-refractivity contribution in [2.24, 2.45) is 23.0 Å². The molecule has 1 spiro atoms. The lowest BCUT2D eigenvalue weighted by molar-refractivity contribution is 0.0950. The maximum Gasteiger partial charge on any atom is 0.0145 e. The molecule has 2 aliphatic carbocycles. The molecule has 78 valence electrons. The molecular formula is C12H20N2. The number of hydrogen-bond acceptors (Lipinski definition) is 2. The van der Waals surface area contributed by atoms with Crippen LogP contribution in [0.4, 0.5) is 0 Å². The Hall–Kier alpha value is -0.0800. The largest absolute Gasteiger partial charge is 0.327 e. The third-order valence-electron chi connectivity index (χ3n) is 5.85. The van der Waals surface area contributed by atoms with Gasteiger partial charge in [0.2, 0.25) is 0 Å². The molecule has 3 unspecified atom stereocenters. The van der Waals surface area contributed by atoms with Crippen molar-refractivity contribution < 1.29 is 0 Å². The lowest BCUT2D eigenvalue weighted by atomic mass is 9.62. The Balaban J connectivity index is 1.76. The van der Waals surface area contributed by atoms with Gasteiger partial charge in [0.25, 0.3) is 0 Å². The molecule has 2 saturated heterocycles. The summed E-state index contributed by atoms with van der Waals surface area (Å²) < 4.78 is 0. The zero-order valence-corrected chi connectivity index (χ0v) is 8.71. The fraction of sp³-hybridized carbons (Fsp3) is 1.00. The summed E-state index contributed by atoms with van der Waals surface area (Å²) in [6, 6.07) is 2.15. The maximum absolute atomic E-state index is 6.51. The van der Waals surface area contributed by atoms with Crippen LogP contribution in [0, 0.1) is 17.3 Å². The summed E-state index contributed by atoms with van der Waals surface area (Å²) in [4.78, 5) is 0. The predicted octanol–water partition coefficient (Wildman–Crippen LogP) is 1.25. The van der Waals surface area contributed by atoms with Gasteiger partial charge >= 0.3 is 0 Å². The van der Waals surface area contributed by atoms with Crippen LogP contribution < -0.4 is 11.1 Å². The number of nitrogens with two attached hydrogens (primary N) is 1. The zero-order valence-electron chi connectivity index (χ0n) is 8.71. The first-order chi connectivity index (χ1) is 6.80. The van der Waals surface area contributed by atoms with Crippen LogP contribution in [0.2, 0.25) is 0 Å². The molecular weight excluding hydrogens is 172 g/mol. The van der Waals surface area contributed by atoms with Crippen LogP contribution in [0.1, 0.15) is 38.5 Å². The Morgan fingerprint density at radius 2 is 2.07 bits per heavy atom. The van der Waals surface area contributed by atoms with Gasteiger partial charge in [0.15, 0.2) is 0 Å². The molecule has 4 aliphatic rings. The van der Waals surface area contributed by atoms with E-state index in [2.05, 4.69) is 5.32 Å². The minimum absolute atomic E-state index is 0.532. The van der Waals surface area contributed by atoms with Gasteiger partial charge in [-0.2, -0.15) is 0 Å². The van der Waals surface area contributed by atoms with Crippen molar-refractivity contribution in [1.29, 1.82) is 0 Å². The monoisotopic (exact) mass is 192 g/mol. The molecule has 0 radical (unpaired) electrons. The first-order valence-electron chi connectivity index (χ1n) is 6.32. The maximum atomic E-state index is 6.51. The second-order valence-electron chi connectivity index (χ2n) is 6.11. The van der Waals surface area contributed by atoms with Crippen LogP contribution in [0.15, 0.2) is 0 Å². The van der Waals surface area contributed by atoms with E-state index in [1.165, 1.54) is 38.5 Å². The van der Waals surface area contributed by atoms with E-state index in [4.69, 9.17) is 5.73 Å². The van der Waals surface area contributed by atoms with Crippen LogP contribution >= 0.6 is 0 Å². The first kappa shape index (κ1) is 8.12. The molecule has 4 rings (SSSR count). The average molecular weight is 192 g/mol. The summed E-state index contributed by atoms with van der Waals surface area (Å²) in [5, 5.41) is 3.80. The van der Waals surface area contributed by atoms with Gasteiger partial charge < -0.3 is 11.1 Å². The van der Waals surface area contributed by atoms with E-state index < -0.39 is 0 Å². The summed E-state index contributed by atoms with van der Waals surface area (Å²) in [6.07, 6.45) is 8.57. The number of fused-ring (bicyclic) bond motifs is 6. The molecule has 6 atom stereocenters. The normalized spacial score (nSPS) is 64.5. The summed E-state index contributed by atoms with van der Waals surface area (Å²) in [5.74, 6) is 1.85. The van der Waals surface area contributed by atoms with Crippen molar-refractivity contribution in [2.45, 2.75) is 56.7 Å². The van der Waals surface area contributed by atoms with E-state index in [0.29, 0.717) is 11.5 Å². The highest BCUT2D eigenvalue weighted by atomic mass is 15.1. The molecule has 0 aromatic rings. The number of nitrogens with one attached hydrogen (secondary N) is 1. The highest BCUT2D eigenvalue weighted by Crippen LogP contribution is 2.63. The van der Waals surface area contributed by atoms with Gasteiger partial charge in [0, 0.05) is 23.5 Å². The highest BCUT2D eigenvalue weighted by molar-refractivity contribution is 5.19. The van der Waals surface area contributed by atoms with Gasteiger partial charge in [0.1, 0.15) is 0 Å². The summed E-state index contributed by atoms with van der Waals surface area (Å²) >= 11 is 0. The molecule has 2 nitrogen and oxygen atoms in total. The van der Waals surface area contributed by atoms with Crippen molar-refractivity contribution in [3.8, 4) is 0 Å². The zero-order chi connectivity index (χ0) is 9.34. The highest BCUT2D eigenvalue weighted by Gasteiger charge is 2.64. The van der Waals surface area contributed by atoms with E-state index in [0.717, 1.165) is 23.9 Å². The average Bonchev–Trinajstić information content (AvgIpc) is 2.91. The van der Waals surface area contributed by atoms with Crippen molar-refractivity contribution in [3.05, 3.63) is 0 Å². The minimum atomic E-state index is 0.532. The smallest absolute Gasteiger partial charge is 0.0145 e. The van der Waals surface area contributed by atoms with Gasteiger partial charge in [-0.1, -0.05) is 0 Å². The van der Waals surface area contributed by atoms with E-state index in [-0.39, 0.29) is 0 Å². The van der Waals surface area contributed by atoms with Gasteiger partial charge in [-0.25, -0.2) is 0 Å². The Kier molecular flexibility index (Phi) is 1.37. The van der Waals surface area contributed by atoms with Crippen LogP contribution in [0.5, 0.6) is 0 Å². The molecule has 3 N–H and O–H groups in total. The van der Waals surface area contributed by atoms with Crippen molar-refractivity contribution >= 4 is 0 Å². The van der Waals surface area contributed by atoms with E-state index >= 15 is 0 Å². The molecule has 0 amide bonds. The number of hydrogen-bond donors (Lipinski definition) is 2. The van der Waals surface area contributed by atoms with Crippen molar-refractivity contribution in [1.82, 2.24) is 5.32 Å². The molecule has 0 aromatic carbocycles. The number of rotatable bonds is 0. The van der Waals surface area contributed by atoms with Crippen LogP contribution in [-0.4, -0.2) is 18.1 Å². The summed E-state index contributed by atoms with van der Waals surface area (Å²) in [7, 11) is 0. The quantitative estimate of drug-likeness (QED) is 0.606. The Labute approximate surface area is 85.6 Å². The molecule has 0 aromatic heterocycles. The standard InChI is InChI=1S/C12H20N2/c13-11-7-1-2-8(5-7)12(11)6-9-3-4-10(12)14-9/h7-11,14H,1-6,13H2/t7?,8-,9-,10?,11+,12?/m0/s1. The molecule has 2 heterocycles. The van der Waals surface area contributed by atoms with Crippen LogP contribution in [0.25, 0.3) is 0 Å². The predicted molar refractivity (Wildman–Crippen MR) is 55.8 cm³/mol. The van der Waals surface area contributed by atoms with Crippen molar-refractivity contribution in [2.75, 3.05) is 0 Å². The summed E-state index contributed by atoms with van der Waals surface area (Å²) in [6.45, 7) is 0.